The maximum Gasteiger partial charge on any atom is 0.410 e. The molecule has 2 aromatic rings. The highest BCUT2D eigenvalue weighted by atomic mass is 32.2. The van der Waals surface area contributed by atoms with E-state index in [1.54, 1.807) is 16.2 Å². The van der Waals surface area contributed by atoms with Crippen LogP contribution in [0.3, 0.4) is 0 Å². The molecule has 1 unspecified atom stereocenters. The molecule has 1 aromatic carbocycles. The predicted octanol–water partition coefficient (Wildman–Crippen LogP) is 4.52. The number of rotatable bonds is 2. The van der Waals surface area contributed by atoms with E-state index >= 15 is 0 Å². The summed E-state index contributed by atoms with van der Waals surface area (Å²) >= 11 is 2.86. The number of nitrogens with zero attached hydrogens (tertiary/aromatic N) is 1. The molecule has 0 aliphatic carbocycles. The number of fused-ring (bicyclic) bond motifs is 1. The number of carbonyl (C=O) groups is 2. The van der Waals surface area contributed by atoms with Gasteiger partial charge in [-0.3, -0.25) is 0 Å². The summed E-state index contributed by atoms with van der Waals surface area (Å²) in [5.74, 6) is -0.448. The van der Waals surface area contributed by atoms with Gasteiger partial charge in [-0.15, -0.1) is 11.8 Å². The highest BCUT2D eigenvalue weighted by molar-refractivity contribution is 8.04. The fourth-order valence-corrected chi connectivity index (χ4v) is 5.55. The SMILES string of the molecule is CC1CCN(C(=O)OC(C)(C)C)CCS/C(C(=O)O)=C\1c1[nH+]c2ccccc2s1. The van der Waals surface area contributed by atoms with Gasteiger partial charge in [0.1, 0.15) is 15.2 Å². The molecule has 0 saturated heterocycles. The Morgan fingerprint density at radius 1 is 1.24 bits per heavy atom. The van der Waals surface area contributed by atoms with Crippen LogP contribution in [-0.2, 0) is 9.53 Å². The molecule has 0 radical (unpaired) electrons. The Kier molecular flexibility index (Phi) is 6.53. The number of para-hydroxylation sites is 1. The third-order valence-corrected chi connectivity index (χ3v) is 6.79. The van der Waals surface area contributed by atoms with E-state index in [4.69, 9.17) is 4.74 Å². The molecule has 1 aliphatic rings. The van der Waals surface area contributed by atoms with Gasteiger partial charge in [-0.05, 0) is 39.2 Å². The second-order valence-corrected chi connectivity index (χ2v) is 10.3. The molecular formula is C21H27N2O4S2+. The number of allylic oxidation sites excluding steroid dienone is 1. The van der Waals surface area contributed by atoms with Crippen molar-refractivity contribution in [3.8, 4) is 0 Å². The lowest BCUT2D eigenvalue weighted by atomic mass is 9.97. The molecule has 1 amide bonds. The summed E-state index contributed by atoms with van der Waals surface area (Å²) in [6.07, 6.45) is 0.313. The standard InChI is InChI=1S/C21H26N2O4S2/c1-13-9-10-23(20(26)27-21(2,3)4)11-12-28-17(19(24)25)16(13)18-22-14-7-5-6-8-15(14)29-18/h5-8,13H,9-12H2,1-4H3,(H,24,25)/p+1/b17-16+. The molecule has 2 N–H and O–H groups in total. The van der Waals surface area contributed by atoms with Crippen LogP contribution in [0.5, 0.6) is 0 Å². The molecule has 0 spiro atoms. The molecule has 6 nitrogen and oxygen atoms in total. The van der Waals surface area contributed by atoms with Gasteiger partial charge in [0.05, 0.1) is 5.57 Å². The number of benzene rings is 1. The van der Waals surface area contributed by atoms with Gasteiger partial charge in [-0.2, -0.15) is 4.98 Å². The molecule has 1 atom stereocenters. The summed E-state index contributed by atoms with van der Waals surface area (Å²) in [6.45, 7) is 8.54. The van der Waals surface area contributed by atoms with E-state index < -0.39 is 11.6 Å². The average molecular weight is 436 g/mol. The number of H-pyrrole nitrogens is 1. The molecule has 2 heterocycles. The van der Waals surface area contributed by atoms with Crippen molar-refractivity contribution in [3.05, 3.63) is 34.2 Å². The summed E-state index contributed by atoms with van der Waals surface area (Å²) in [4.78, 5) is 30.1. The normalized spacial score (nSPS) is 21.4. The van der Waals surface area contributed by atoms with E-state index in [0.29, 0.717) is 30.2 Å². The van der Waals surface area contributed by atoms with Gasteiger partial charge in [0.2, 0.25) is 5.52 Å². The fourth-order valence-electron chi connectivity index (χ4n) is 3.22. The van der Waals surface area contributed by atoms with E-state index in [2.05, 4.69) is 4.98 Å². The molecular weight excluding hydrogens is 408 g/mol. The van der Waals surface area contributed by atoms with Crippen LogP contribution in [0.25, 0.3) is 15.8 Å². The third-order valence-electron chi connectivity index (χ3n) is 4.61. The van der Waals surface area contributed by atoms with Crippen LogP contribution in [0.4, 0.5) is 4.79 Å². The molecule has 3 rings (SSSR count). The highest BCUT2D eigenvalue weighted by Gasteiger charge is 2.31. The number of hydrogen-bond acceptors (Lipinski definition) is 5. The number of hydrogen-bond donors (Lipinski definition) is 1. The molecule has 8 heteroatoms. The maximum absolute atomic E-state index is 12.5. The predicted molar refractivity (Wildman–Crippen MR) is 117 cm³/mol. The first-order valence-corrected chi connectivity index (χ1v) is 11.5. The first-order chi connectivity index (χ1) is 13.7. The van der Waals surface area contributed by atoms with Crippen molar-refractivity contribution in [2.45, 2.75) is 39.7 Å². The molecule has 156 valence electrons. The van der Waals surface area contributed by atoms with Crippen molar-refractivity contribution < 1.29 is 24.4 Å². The average Bonchev–Trinajstić information content (AvgIpc) is 3.06. The fraction of sp³-hybridized carbons (Fsp3) is 0.476. The van der Waals surface area contributed by atoms with Crippen LogP contribution in [0.1, 0.15) is 39.1 Å². The summed E-state index contributed by atoms with van der Waals surface area (Å²) in [7, 11) is 0. The van der Waals surface area contributed by atoms with Crippen molar-refractivity contribution in [1.82, 2.24) is 4.90 Å². The molecule has 1 aliphatic heterocycles. The number of carbonyl (C=O) groups excluding carboxylic acids is 1. The van der Waals surface area contributed by atoms with E-state index in [1.165, 1.54) is 11.8 Å². The lowest BCUT2D eigenvalue weighted by molar-refractivity contribution is -0.342. The summed E-state index contributed by atoms with van der Waals surface area (Å²) < 4.78 is 6.61. The van der Waals surface area contributed by atoms with Crippen LogP contribution < -0.4 is 4.98 Å². The molecule has 29 heavy (non-hydrogen) atoms. The number of aliphatic carboxylic acids is 1. The van der Waals surface area contributed by atoms with Crippen LogP contribution in [0.2, 0.25) is 0 Å². The highest BCUT2D eigenvalue weighted by Crippen LogP contribution is 2.37. The number of carboxylic acids is 1. The number of amides is 1. The largest absolute Gasteiger partial charge is 0.477 e. The number of carboxylic acid groups (broad SMARTS) is 1. The molecule has 0 fully saturated rings. The summed E-state index contributed by atoms with van der Waals surface area (Å²) in [5, 5.41) is 10.8. The van der Waals surface area contributed by atoms with Gasteiger partial charge in [0.25, 0.3) is 5.01 Å². The van der Waals surface area contributed by atoms with Gasteiger partial charge >= 0.3 is 12.1 Å². The smallest absolute Gasteiger partial charge is 0.410 e. The number of thiazole rings is 1. The first kappa shape index (κ1) is 21.6. The Morgan fingerprint density at radius 3 is 2.62 bits per heavy atom. The Hall–Kier alpha value is -2.06. The molecule has 0 saturated carbocycles. The van der Waals surface area contributed by atoms with E-state index in [-0.39, 0.29) is 12.0 Å². The summed E-state index contributed by atoms with van der Waals surface area (Å²) in [5.41, 5.74) is 1.25. The lowest BCUT2D eigenvalue weighted by Crippen LogP contribution is -2.39. The van der Waals surface area contributed by atoms with Gasteiger partial charge in [0.15, 0.2) is 0 Å². The minimum atomic E-state index is -0.923. The van der Waals surface area contributed by atoms with Crippen molar-refractivity contribution in [2.24, 2.45) is 5.92 Å². The maximum atomic E-state index is 12.5. The third kappa shape index (κ3) is 5.30. The lowest BCUT2D eigenvalue weighted by Gasteiger charge is -2.27. The van der Waals surface area contributed by atoms with Gasteiger partial charge in [0, 0.05) is 24.9 Å². The number of aromatic nitrogens is 1. The van der Waals surface area contributed by atoms with E-state index in [9.17, 15) is 14.7 Å². The second-order valence-electron chi connectivity index (χ2n) is 8.11. The first-order valence-electron chi connectivity index (χ1n) is 9.65. The minimum Gasteiger partial charge on any atom is -0.477 e. The van der Waals surface area contributed by atoms with Gasteiger partial charge < -0.3 is 14.7 Å². The Bertz CT molecular complexity index is 913. The summed E-state index contributed by atoms with van der Waals surface area (Å²) in [6, 6.07) is 7.95. The number of thioether (sulfide) groups is 1. The quantitative estimate of drug-likeness (QED) is 0.750. The van der Waals surface area contributed by atoms with Crippen LogP contribution in [0.15, 0.2) is 29.2 Å². The zero-order valence-electron chi connectivity index (χ0n) is 17.2. The minimum absolute atomic E-state index is 0.0269. The van der Waals surface area contributed by atoms with E-state index in [0.717, 1.165) is 20.8 Å². The van der Waals surface area contributed by atoms with E-state index in [1.807, 2.05) is 52.0 Å². The molecule has 0 bridgehead atoms. The zero-order valence-corrected chi connectivity index (χ0v) is 18.8. The Labute approximate surface area is 179 Å². The Balaban J connectivity index is 1.91. The molecule has 1 aromatic heterocycles. The Morgan fingerprint density at radius 2 is 1.97 bits per heavy atom. The number of nitrogens with one attached hydrogen (secondary N) is 1. The van der Waals surface area contributed by atoms with Crippen molar-refractivity contribution in [3.63, 3.8) is 0 Å². The van der Waals surface area contributed by atoms with Crippen molar-refractivity contribution >= 4 is 51.0 Å². The zero-order chi connectivity index (χ0) is 21.2. The van der Waals surface area contributed by atoms with Gasteiger partial charge in [-0.1, -0.05) is 30.4 Å². The van der Waals surface area contributed by atoms with Gasteiger partial charge in [-0.25, -0.2) is 9.59 Å². The topological polar surface area (TPSA) is 81.0 Å². The number of aromatic amines is 1. The monoisotopic (exact) mass is 435 g/mol. The van der Waals surface area contributed by atoms with Crippen LogP contribution >= 0.6 is 23.1 Å². The van der Waals surface area contributed by atoms with Crippen molar-refractivity contribution in [1.29, 1.82) is 0 Å². The number of ether oxygens (including phenoxy) is 1. The van der Waals surface area contributed by atoms with Crippen LogP contribution in [-0.4, -0.2) is 46.5 Å². The van der Waals surface area contributed by atoms with Crippen LogP contribution in [0, 0.1) is 5.92 Å². The van der Waals surface area contributed by atoms with Crippen molar-refractivity contribution in [2.75, 3.05) is 18.8 Å². The second kappa shape index (κ2) is 8.75.